The van der Waals surface area contributed by atoms with E-state index in [1.807, 2.05) is 6.08 Å². The van der Waals surface area contributed by atoms with Gasteiger partial charge in [-0.2, -0.15) is 13.2 Å². The van der Waals surface area contributed by atoms with Crippen molar-refractivity contribution in [3.8, 4) is 11.8 Å². The van der Waals surface area contributed by atoms with Crippen LogP contribution >= 0.6 is 0 Å². The molecule has 1 aromatic rings. The highest BCUT2D eigenvalue weighted by Gasteiger charge is 2.48. The third-order valence-corrected chi connectivity index (χ3v) is 4.97. The lowest BCUT2D eigenvalue weighted by Crippen LogP contribution is -2.43. The molecule has 4 rings (SSSR count). The molecule has 0 amide bonds. The zero-order chi connectivity index (χ0) is 18.3. The molecule has 0 atom stereocenters. The molecule has 2 spiro atoms. The van der Waals surface area contributed by atoms with Crippen LogP contribution < -0.4 is 5.48 Å². The van der Waals surface area contributed by atoms with E-state index >= 15 is 0 Å². The summed E-state index contributed by atoms with van der Waals surface area (Å²) in [5.74, 6) is 5.14. The summed E-state index contributed by atoms with van der Waals surface area (Å²) >= 11 is 0. The number of benzene rings is 1. The van der Waals surface area contributed by atoms with Crippen molar-refractivity contribution >= 4 is 0 Å². The van der Waals surface area contributed by atoms with Crippen LogP contribution in [0, 0.1) is 11.8 Å². The molecule has 0 aromatic heterocycles. The number of hydrogen-bond donors (Lipinski definition) is 1. The fourth-order valence-corrected chi connectivity index (χ4v) is 3.54. The molecule has 1 N–H and O–H groups in total. The highest BCUT2D eigenvalue weighted by Crippen LogP contribution is 2.44. The van der Waals surface area contributed by atoms with Crippen LogP contribution in [0.15, 0.2) is 36.0 Å². The zero-order valence-electron chi connectivity index (χ0n) is 14.0. The number of rotatable bonds is 0. The van der Waals surface area contributed by atoms with Crippen molar-refractivity contribution in [2.45, 2.75) is 43.2 Å². The molecule has 26 heavy (non-hydrogen) atoms. The Bertz CT molecular complexity index is 775. The van der Waals surface area contributed by atoms with E-state index in [0.717, 1.165) is 37.8 Å². The SMILES string of the molecule is FC(F)(F)c1cccc(C#CC2=CC3(CCC4(CC3)OCCO4)ON2)c1. The molecule has 2 heterocycles. The van der Waals surface area contributed by atoms with Gasteiger partial charge in [0.15, 0.2) is 5.79 Å². The smallest absolute Gasteiger partial charge is 0.348 e. The second kappa shape index (κ2) is 6.31. The Balaban J connectivity index is 1.46. The van der Waals surface area contributed by atoms with Crippen molar-refractivity contribution in [1.29, 1.82) is 0 Å². The summed E-state index contributed by atoms with van der Waals surface area (Å²) in [6, 6.07) is 4.97. The van der Waals surface area contributed by atoms with Gasteiger partial charge in [-0.25, -0.2) is 0 Å². The van der Waals surface area contributed by atoms with Crippen LogP contribution in [0.2, 0.25) is 0 Å². The number of alkyl halides is 3. The molecule has 0 radical (unpaired) electrons. The Hall–Kier alpha value is -2.01. The lowest BCUT2D eigenvalue weighted by Gasteiger charge is -2.39. The number of allylic oxidation sites excluding steroid dienone is 1. The van der Waals surface area contributed by atoms with Crippen molar-refractivity contribution in [3.63, 3.8) is 0 Å². The maximum atomic E-state index is 12.8. The molecule has 0 bridgehead atoms. The summed E-state index contributed by atoms with van der Waals surface area (Å²) < 4.78 is 49.7. The first-order valence-electron chi connectivity index (χ1n) is 8.52. The lowest BCUT2D eigenvalue weighted by atomic mass is 9.81. The minimum Gasteiger partial charge on any atom is -0.348 e. The molecule has 1 saturated carbocycles. The average Bonchev–Trinajstić information content (AvgIpc) is 3.24. The third-order valence-electron chi connectivity index (χ3n) is 4.97. The molecule has 1 aromatic carbocycles. The van der Waals surface area contributed by atoms with Gasteiger partial charge in [0, 0.05) is 18.4 Å². The van der Waals surface area contributed by atoms with Gasteiger partial charge in [0.25, 0.3) is 0 Å². The predicted molar refractivity (Wildman–Crippen MR) is 86.5 cm³/mol. The van der Waals surface area contributed by atoms with Crippen LogP contribution in [0.25, 0.3) is 0 Å². The number of hydroxylamine groups is 1. The van der Waals surface area contributed by atoms with Crippen molar-refractivity contribution in [3.05, 3.63) is 47.2 Å². The molecule has 1 aliphatic carbocycles. The molecular weight excluding hydrogens is 347 g/mol. The molecule has 0 unspecified atom stereocenters. The Morgan fingerprint density at radius 2 is 1.73 bits per heavy atom. The van der Waals surface area contributed by atoms with Crippen molar-refractivity contribution in [2.75, 3.05) is 13.2 Å². The van der Waals surface area contributed by atoms with Gasteiger partial charge in [0.05, 0.1) is 18.8 Å². The first-order chi connectivity index (χ1) is 12.4. The summed E-state index contributed by atoms with van der Waals surface area (Å²) in [6.45, 7) is 1.24. The molecule has 1 saturated heterocycles. The van der Waals surface area contributed by atoms with Crippen molar-refractivity contribution in [1.82, 2.24) is 5.48 Å². The molecule has 138 valence electrons. The van der Waals surface area contributed by atoms with Gasteiger partial charge in [-0.3, -0.25) is 10.3 Å². The van der Waals surface area contributed by atoms with Crippen LogP contribution in [0.4, 0.5) is 13.2 Å². The number of ether oxygens (including phenoxy) is 2. The highest BCUT2D eigenvalue weighted by atomic mass is 19.4. The topological polar surface area (TPSA) is 39.7 Å². The maximum Gasteiger partial charge on any atom is 0.416 e. The Kier molecular flexibility index (Phi) is 4.22. The van der Waals surface area contributed by atoms with Gasteiger partial charge in [-0.15, -0.1) is 0 Å². The van der Waals surface area contributed by atoms with Crippen LogP contribution in [0.3, 0.4) is 0 Å². The minimum atomic E-state index is -4.38. The van der Waals surface area contributed by atoms with Gasteiger partial charge in [0.2, 0.25) is 0 Å². The average molecular weight is 365 g/mol. The van der Waals surface area contributed by atoms with E-state index < -0.39 is 23.1 Å². The van der Waals surface area contributed by atoms with Gasteiger partial charge in [-0.1, -0.05) is 12.0 Å². The van der Waals surface area contributed by atoms with Gasteiger partial charge in [0.1, 0.15) is 11.3 Å². The van der Waals surface area contributed by atoms with Crippen LogP contribution in [0.1, 0.15) is 36.8 Å². The maximum absolute atomic E-state index is 12.8. The summed E-state index contributed by atoms with van der Waals surface area (Å²) in [6.07, 6.45) is 0.468. The first-order valence-corrected chi connectivity index (χ1v) is 8.52. The minimum absolute atomic E-state index is 0.304. The van der Waals surface area contributed by atoms with Gasteiger partial charge >= 0.3 is 6.18 Å². The van der Waals surface area contributed by atoms with Crippen LogP contribution in [-0.2, 0) is 20.5 Å². The zero-order valence-corrected chi connectivity index (χ0v) is 14.0. The molecule has 7 heteroatoms. The number of nitrogens with one attached hydrogen (secondary N) is 1. The fraction of sp³-hybridized carbons (Fsp3) is 0.474. The first kappa shape index (κ1) is 17.4. The monoisotopic (exact) mass is 365 g/mol. The standard InChI is InChI=1S/C19H18F3NO3/c20-19(21,22)15-3-1-2-14(12-15)4-5-16-13-17(26-23-16)6-8-18(9-7-17)24-10-11-25-18/h1-3,12-13,23H,6-11H2. The molecule has 2 aliphatic heterocycles. The van der Waals surface area contributed by atoms with E-state index in [0.29, 0.717) is 24.5 Å². The lowest BCUT2D eigenvalue weighted by molar-refractivity contribution is -0.205. The summed E-state index contributed by atoms with van der Waals surface area (Å²) in [4.78, 5) is 5.73. The molecule has 3 aliphatic rings. The number of halogens is 3. The van der Waals surface area contributed by atoms with E-state index in [-0.39, 0.29) is 0 Å². The predicted octanol–water partition coefficient (Wildman–Crippen LogP) is 3.53. The fourth-order valence-electron chi connectivity index (χ4n) is 3.54. The highest BCUT2D eigenvalue weighted by molar-refractivity contribution is 5.43. The second-order valence-electron chi connectivity index (χ2n) is 6.76. The Morgan fingerprint density at radius 3 is 2.42 bits per heavy atom. The second-order valence-corrected chi connectivity index (χ2v) is 6.76. The van der Waals surface area contributed by atoms with E-state index in [2.05, 4.69) is 17.3 Å². The summed E-state index contributed by atoms with van der Waals surface area (Å²) in [5.41, 5.74) is 2.49. The van der Waals surface area contributed by atoms with Crippen LogP contribution in [0.5, 0.6) is 0 Å². The Labute approximate surface area is 149 Å². The van der Waals surface area contributed by atoms with E-state index in [1.165, 1.54) is 6.07 Å². The van der Waals surface area contributed by atoms with Gasteiger partial charge < -0.3 is 9.47 Å². The van der Waals surface area contributed by atoms with E-state index in [9.17, 15) is 13.2 Å². The van der Waals surface area contributed by atoms with Crippen molar-refractivity contribution in [2.24, 2.45) is 0 Å². The normalized spacial score (nSPS) is 23.4. The van der Waals surface area contributed by atoms with E-state index in [1.54, 1.807) is 6.07 Å². The van der Waals surface area contributed by atoms with Gasteiger partial charge in [-0.05, 0) is 43.0 Å². The largest absolute Gasteiger partial charge is 0.416 e. The summed E-state index contributed by atoms with van der Waals surface area (Å²) in [7, 11) is 0. The number of hydrogen-bond acceptors (Lipinski definition) is 4. The molecule has 4 nitrogen and oxygen atoms in total. The quantitative estimate of drug-likeness (QED) is 0.714. The Morgan fingerprint density at radius 1 is 1.00 bits per heavy atom. The molecular formula is C19H18F3NO3. The van der Waals surface area contributed by atoms with Crippen LogP contribution in [-0.4, -0.2) is 24.6 Å². The van der Waals surface area contributed by atoms with E-state index in [4.69, 9.17) is 14.3 Å². The molecule has 2 fully saturated rings. The van der Waals surface area contributed by atoms with Crippen molar-refractivity contribution < 1.29 is 27.5 Å². The third kappa shape index (κ3) is 3.45. The summed E-state index contributed by atoms with van der Waals surface area (Å²) in [5, 5.41) is 0.